The van der Waals surface area contributed by atoms with Crippen molar-refractivity contribution in [1.82, 2.24) is 9.78 Å². The molecule has 0 radical (unpaired) electrons. The summed E-state index contributed by atoms with van der Waals surface area (Å²) in [5.41, 5.74) is 10.2. The van der Waals surface area contributed by atoms with E-state index in [1.165, 1.54) is 0 Å². The molecule has 0 aliphatic carbocycles. The number of halogens is 2. The van der Waals surface area contributed by atoms with Gasteiger partial charge in [0.1, 0.15) is 11.5 Å². The molecule has 2 aromatic carbocycles. The minimum absolute atomic E-state index is 0.645. The third-order valence-corrected chi connectivity index (χ3v) is 4.55. The van der Waals surface area contributed by atoms with Gasteiger partial charge in [0.15, 0.2) is 0 Å². The molecule has 106 valence electrons. The molecule has 0 saturated heterocycles. The highest BCUT2D eigenvalue weighted by Crippen LogP contribution is 2.37. The lowest BCUT2D eigenvalue weighted by molar-refractivity contribution is 0.782. The molecule has 1 aromatic heterocycles. The quantitative estimate of drug-likeness (QED) is 0.629. The van der Waals surface area contributed by atoms with Crippen LogP contribution in [0.1, 0.15) is 0 Å². The van der Waals surface area contributed by atoms with E-state index in [4.69, 9.17) is 17.3 Å². The zero-order valence-electron chi connectivity index (χ0n) is 11.3. The van der Waals surface area contributed by atoms with Gasteiger partial charge in [-0.1, -0.05) is 41.9 Å². The minimum Gasteiger partial charge on any atom is -0.383 e. The number of nitrogen functional groups attached to an aromatic ring is 1. The van der Waals surface area contributed by atoms with Crippen LogP contribution < -0.4 is 5.73 Å². The Bertz CT molecular complexity index is 794. The number of rotatable bonds is 2. The van der Waals surface area contributed by atoms with Crippen LogP contribution in [-0.4, -0.2) is 9.78 Å². The SMILES string of the molecule is Cn1nc(-c2ccccc2I)c(-c2ccc(Cl)cc2)c1N. The molecule has 0 aliphatic rings. The number of hydrogen-bond acceptors (Lipinski definition) is 2. The van der Waals surface area contributed by atoms with Crippen molar-refractivity contribution in [3.8, 4) is 22.4 Å². The van der Waals surface area contributed by atoms with Crippen LogP contribution in [0, 0.1) is 3.57 Å². The zero-order chi connectivity index (χ0) is 15.0. The van der Waals surface area contributed by atoms with Crippen LogP contribution in [0.2, 0.25) is 5.02 Å². The Labute approximate surface area is 141 Å². The molecule has 2 N–H and O–H groups in total. The normalized spacial score (nSPS) is 10.8. The van der Waals surface area contributed by atoms with Crippen LogP contribution in [0.5, 0.6) is 0 Å². The third-order valence-electron chi connectivity index (χ3n) is 3.35. The highest BCUT2D eigenvalue weighted by atomic mass is 127. The summed E-state index contributed by atoms with van der Waals surface area (Å²) in [4.78, 5) is 0. The van der Waals surface area contributed by atoms with Crippen molar-refractivity contribution in [2.24, 2.45) is 7.05 Å². The Hall–Kier alpha value is -1.53. The van der Waals surface area contributed by atoms with E-state index in [0.717, 1.165) is 26.0 Å². The molecule has 0 aliphatic heterocycles. The first-order valence-electron chi connectivity index (χ1n) is 6.41. The average molecular weight is 410 g/mol. The number of nitrogens with zero attached hydrogens (tertiary/aromatic N) is 2. The molecular formula is C16H13ClIN3. The maximum Gasteiger partial charge on any atom is 0.129 e. The van der Waals surface area contributed by atoms with E-state index < -0.39 is 0 Å². The molecule has 0 spiro atoms. The monoisotopic (exact) mass is 409 g/mol. The summed E-state index contributed by atoms with van der Waals surface area (Å²) >= 11 is 8.29. The number of aromatic nitrogens is 2. The Kier molecular flexibility index (Phi) is 3.91. The summed E-state index contributed by atoms with van der Waals surface area (Å²) in [6.45, 7) is 0. The fraction of sp³-hybridized carbons (Fsp3) is 0.0625. The second kappa shape index (κ2) is 5.69. The van der Waals surface area contributed by atoms with Crippen LogP contribution in [-0.2, 0) is 7.05 Å². The summed E-state index contributed by atoms with van der Waals surface area (Å²) in [6, 6.07) is 15.8. The highest BCUT2D eigenvalue weighted by Gasteiger charge is 2.18. The summed E-state index contributed by atoms with van der Waals surface area (Å²) in [5, 5.41) is 5.30. The van der Waals surface area contributed by atoms with Crippen molar-refractivity contribution in [3.63, 3.8) is 0 Å². The van der Waals surface area contributed by atoms with E-state index in [2.05, 4.69) is 39.8 Å². The molecule has 3 rings (SSSR count). The first-order chi connectivity index (χ1) is 10.1. The standard InChI is InChI=1S/C16H13ClIN3/c1-21-16(19)14(10-6-8-11(17)9-7-10)15(20-21)12-4-2-3-5-13(12)18/h2-9H,19H2,1H3. The average Bonchev–Trinajstić information content (AvgIpc) is 2.76. The first-order valence-corrected chi connectivity index (χ1v) is 7.87. The van der Waals surface area contributed by atoms with Crippen LogP contribution >= 0.6 is 34.2 Å². The second-order valence-electron chi connectivity index (χ2n) is 4.72. The molecule has 1 heterocycles. The summed E-state index contributed by atoms with van der Waals surface area (Å²) in [5.74, 6) is 0.645. The van der Waals surface area contributed by atoms with Gasteiger partial charge in [-0.15, -0.1) is 0 Å². The lowest BCUT2D eigenvalue weighted by Crippen LogP contribution is -1.97. The van der Waals surface area contributed by atoms with Crippen molar-refractivity contribution in [2.45, 2.75) is 0 Å². The number of benzene rings is 2. The molecule has 5 heteroatoms. The lowest BCUT2D eigenvalue weighted by Gasteiger charge is -2.06. The first kappa shape index (κ1) is 14.4. The summed E-state index contributed by atoms with van der Waals surface area (Å²) in [6.07, 6.45) is 0. The van der Waals surface area contributed by atoms with Crippen molar-refractivity contribution in [1.29, 1.82) is 0 Å². The highest BCUT2D eigenvalue weighted by molar-refractivity contribution is 14.1. The molecule has 3 nitrogen and oxygen atoms in total. The van der Waals surface area contributed by atoms with E-state index in [9.17, 15) is 0 Å². The maximum absolute atomic E-state index is 6.23. The minimum atomic E-state index is 0.645. The summed E-state index contributed by atoms with van der Waals surface area (Å²) in [7, 11) is 1.86. The van der Waals surface area contributed by atoms with E-state index in [0.29, 0.717) is 10.8 Å². The molecule has 0 atom stereocenters. The van der Waals surface area contributed by atoms with Gasteiger partial charge in [-0.2, -0.15) is 5.10 Å². The van der Waals surface area contributed by atoms with Crippen molar-refractivity contribution in [3.05, 3.63) is 57.1 Å². The van der Waals surface area contributed by atoms with Crippen LogP contribution in [0.3, 0.4) is 0 Å². The second-order valence-corrected chi connectivity index (χ2v) is 6.32. The van der Waals surface area contributed by atoms with Crippen molar-refractivity contribution in [2.75, 3.05) is 5.73 Å². The Morgan fingerprint density at radius 3 is 2.43 bits per heavy atom. The third kappa shape index (κ3) is 2.65. The number of hydrogen-bond donors (Lipinski definition) is 1. The number of anilines is 1. The van der Waals surface area contributed by atoms with Crippen molar-refractivity contribution < 1.29 is 0 Å². The molecular weight excluding hydrogens is 397 g/mol. The van der Waals surface area contributed by atoms with Crippen molar-refractivity contribution >= 4 is 40.0 Å². The topological polar surface area (TPSA) is 43.8 Å². The van der Waals surface area contributed by atoms with E-state index in [-0.39, 0.29) is 0 Å². The van der Waals surface area contributed by atoms with Gasteiger partial charge in [0, 0.05) is 21.2 Å². The van der Waals surface area contributed by atoms with Gasteiger partial charge in [-0.3, -0.25) is 4.68 Å². The molecule has 3 aromatic rings. The molecule has 0 unspecified atom stereocenters. The zero-order valence-corrected chi connectivity index (χ0v) is 14.3. The predicted molar refractivity (Wildman–Crippen MR) is 96.2 cm³/mol. The lowest BCUT2D eigenvalue weighted by atomic mass is 10.0. The Morgan fingerprint density at radius 1 is 1.10 bits per heavy atom. The fourth-order valence-electron chi connectivity index (χ4n) is 2.28. The largest absolute Gasteiger partial charge is 0.383 e. The Morgan fingerprint density at radius 2 is 1.76 bits per heavy atom. The molecule has 0 fully saturated rings. The summed E-state index contributed by atoms with van der Waals surface area (Å²) < 4.78 is 2.85. The van der Waals surface area contributed by atoms with Gasteiger partial charge in [0.25, 0.3) is 0 Å². The van der Waals surface area contributed by atoms with Gasteiger partial charge < -0.3 is 5.73 Å². The van der Waals surface area contributed by atoms with Crippen LogP contribution in [0.4, 0.5) is 5.82 Å². The van der Waals surface area contributed by atoms with Gasteiger partial charge in [-0.05, 0) is 46.4 Å². The molecule has 0 saturated carbocycles. The molecule has 21 heavy (non-hydrogen) atoms. The van der Waals surface area contributed by atoms with Gasteiger partial charge in [0.2, 0.25) is 0 Å². The van der Waals surface area contributed by atoms with E-state index in [1.807, 2.05) is 43.4 Å². The van der Waals surface area contributed by atoms with Crippen LogP contribution in [0.15, 0.2) is 48.5 Å². The fourth-order valence-corrected chi connectivity index (χ4v) is 3.05. The van der Waals surface area contributed by atoms with E-state index >= 15 is 0 Å². The van der Waals surface area contributed by atoms with Crippen LogP contribution in [0.25, 0.3) is 22.4 Å². The predicted octanol–water partition coefficient (Wildman–Crippen LogP) is 4.59. The van der Waals surface area contributed by atoms with Gasteiger partial charge >= 0.3 is 0 Å². The van der Waals surface area contributed by atoms with Gasteiger partial charge in [-0.25, -0.2) is 0 Å². The number of nitrogens with two attached hydrogens (primary N) is 1. The molecule has 0 amide bonds. The maximum atomic E-state index is 6.23. The molecule has 0 bridgehead atoms. The number of aryl methyl sites for hydroxylation is 1. The Balaban J connectivity index is 2.26. The van der Waals surface area contributed by atoms with E-state index in [1.54, 1.807) is 4.68 Å². The van der Waals surface area contributed by atoms with Gasteiger partial charge in [0.05, 0.1) is 5.56 Å². The smallest absolute Gasteiger partial charge is 0.129 e.